The Bertz CT molecular complexity index is 521. The lowest BCUT2D eigenvalue weighted by Gasteiger charge is -2.35. The van der Waals surface area contributed by atoms with Crippen molar-refractivity contribution in [1.82, 2.24) is 14.9 Å². The molecule has 1 saturated heterocycles. The van der Waals surface area contributed by atoms with Crippen molar-refractivity contribution in [2.75, 3.05) is 58.0 Å². The van der Waals surface area contributed by atoms with Crippen LogP contribution in [0.5, 0.6) is 0 Å². The number of ether oxygens (including phenoxy) is 3. The lowest BCUT2D eigenvalue weighted by atomic mass is 10.2. The molecule has 25 heavy (non-hydrogen) atoms. The molecule has 1 aliphatic heterocycles. The summed E-state index contributed by atoms with van der Waals surface area (Å²) in [5, 5.41) is 0. The highest BCUT2D eigenvalue weighted by Gasteiger charge is 2.24. The van der Waals surface area contributed by atoms with Gasteiger partial charge in [-0.1, -0.05) is 13.3 Å². The molecule has 2 rings (SSSR count). The molecule has 0 radical (unpaired) electrons. The van der Waals surface area contributed by atoms with E-state index in [-0.39, 0.29) is 6.09 Å². The van der Waals surface area contributed by atoms with Crippen LogP contribution in [-0.4, -0.2) is 74.1 Å². The molecule has 2 heterocycles. The molecular weight excluding hydrogens is 324 g/mol. The highest BCUT2D eigenvalue weighted by Crippen LogP contribution is 2.19. The molecule has 0 bridgehead atoms. The zero-order chi connectivity index (χ0) is 17.9. The molecule has 0 aliphatic carbocycles. The van der Waals surface area contributed by atoms with E-state index in [2.05, 4.69) is 21.8 Å². The molecule has 0 spiro atoms. The minimum absolute atomic E-state index is 0.223. The van der Waals surface area contributed by atoms with E-state index in [1.165, 1.54) is 0 Å². The highest BCUT2D eigenvalue weighted by molar-refractivity contribution is 5.68. The summed E-state index contributed by atoms with van der Waals surface area (Å²) in [6.07, 6.45) is 5.02. The molecule has 1 aromatic rings. The number of anilines is 1. The molecule has 1 amide bonds. The zero-order valence-electron chi connectivity index (χ0n) is 15.1. The molecule has 1 fully saturated rings. The molecular formula is C17H28N4O4. The van der Waals surface area contributed by atoms with Gasteiger partial charge in [-0.15, -0.1) is 0 Å². The highest BCUT2D eigenvalue weighted by atomic mass is 16.6. The van der Waals surface area contributed by atoms with Crippen LogP contribution in [0.4, 0.5) is 10.6 Å². The molecule has 8 nitrogen and oxygen atoms in total. The van der Waals surface area contributed by atoms with Gasteiger partial charge in [0.25, 0.3) is 0 Å². The number of piperazine rings is 1. The number of amides is 1. The van der Waals surface area contributed by atoms with Crippen molar-refractivity contribution in [1.29, 1.82) is 0 Å². The predicted molar refractivity (Wildman–Crippen MR) is 93.6 cm³/mol. The first-order valence-electron chi connectivity index (χ1n) is 8.78. The average molecular weight is 352 g/mol. The Morgan fingerprint density at radius 3 is 2.72 bits per heavy atom. The van der Waals surface area contributed by atoms with Crippen LogP contribution >= 0.6 is 0 Å². The van der Waals surface area contributed by atoms with Crippen LogP contribution in [0.15, 0.2) is 12.5 Å². The first-order valence-corrected chi connectivity index (χ1v) is 8.78. The number of nitrogens with zero attached hydrogens (tertiary/aromatic N) is 4. The standard InChI is InChI=1S/C17H28N4O4/c1-3-4-9-25-17(22)21-7-5-20(6-8-21)16-15(12-18-14-19-16)13-24-11-10-23-2/h12,14H,3-11,13H2,1-2H3. The van der Waals surface area contributed by atoms with Gasteiger partial charge in [0, 0.05) is 45.0 Å². The summed E-state index contributed by atoms with van der Waals surface area (Å²) < 4.78 is 15.8. The quantitative estimate of drug-likeness (QED) is 0.626. The topological polar surface area (TPSA) is 77.0 Å². The maximum atomic E-state index is 12.0. The fourth-order valence-corrected chi connectivity index (χ4v) is 2.56. The number of rotatable bonds is 9. The normalized spacial score (nSPS) is 14.6. The Hall–Kier alpha value is -1.93. The zero-order valence-corrected chi connectivity index (χ0v) is 15.1. The summed E-state index contributed by atoms with van der Waals surface area (Å²) in [6, 6.07) is 0. The third kappa shape index (κ3) is 6.13. The van der Waals surface area contributed by atoms with Crippen LogP contribution in [0.3, 0.4) is 0 Å². The summed E-state index contributed by atoms with van der Waals surface area (Å²) in [4.78, 5) is 24.4. The van der Waals surface area contributed by atoms with E-state index in [0.717, 1.165) is 24.2 Å². The molecule has 0 aromatic carbocycles. The molecule has 1 aliphatic rings. The minimum atomic E-state index is -0.223. The number of aromatic nitrogens is 2. The number of hydrogen-bond acceptors (Lipinski definition) is 7. The van der Waals surface area contributed by atoms with E-state index in [9.17, 15) is 4.79 Å². The van der Waals surface area contributed by atoms with Gasteiger partial charge in [0.1, 0.15) is 12.1 Å². The van der Waals surface area contributed by atoms with E-state index in [1.807, 2.05) is 0 Å². The van der Waals surface area contributed by atoms with Crippen molar-refractivity contribution in [2.45, 2.75) is 26.4 Å². The van der Waals surface area contributed by atoms with Gasteiger partial charge in [0.05, 0.1) is 26.4 Å². The third-order valence-electron chi connectivity index (χ3n) is 4.01. The van der Waals surface area contributed by atoms with Crippen LogP contribution < -0.4 is 4.90 Å². The number of carbonyl (C=O) groups excluding carboxylic acids is 1. The third-order valence-corrected chi connectivity index (χ3v) is 4.01. The lowest BCUT2D eigenvalue weighted by molar-refractivity contribution is 0.0615. The minimum Gasteiger partial charge on any atom is -0.449 e. The maximum Gasteiger partial charge on any atom is 0.409 e. The number of unbranched alkanes of at least 4 members (excludes halogenated alkanes) is 1. The van der Waals surface area contributed by atoms with E-state index >= 15 is 0 Å². The average Bonchev–Trinajstić information content (AvgIpc) is 2.66. The van der Waals surface area contributed by atoms with E-state index in [4.69, 9.17) is 14.2 Å². The SMILES string of the molecule is CCCCOC(=O)N1CCN(c2ncncc2COCCOC)CC1. The second kappa shape index (κ2) is 10.8. The Morgan fingerprint density at radius 2 is 2.00 bits per heavy atom. The van der Waals surface area contributed by atoms with Crippen molar-refractivity contribution in [2.24, 2.45) is 0 Å². The van der Waals surface area contributed by atoms with E-state index < -0.39 is 0 Å². The van der Waals surface area contributed by atoms with Crippen LogP contribution in [0.2, 0.25) is 0 Å². The second-order valence-electron chi connectivity index (χ2n) is 5.86. The van der Waals surface area contributed by atoms with Gasteiger partial charge in [0.15, 0.2) is 0 Å². The molecule has 0 saturated carbocycles. The number of methoxy groups -OCH3 is 1. The van der Waals surface area contributed by atoms with Crippen LogP contribution in [0.1, 0.15) is 25.3 Å². The summed E-state index contributed by atoms with van der Waals surface area (Å²) in [5.74, 6) is 0.867. The van der Waals surface area contributed by atoms with Crippen molar-refractivity contribution in [3.8, 4) is 0 Å². The van der Waals surface area contributed by atoms with Crippen molar-refractivity contribution in [3.63, 3.8) is 0 Å². The van der Waals surface area contributed by atoms with Crippen LogP contribution in [0.25, 0.3) is 0 Å². The van der Waals surface area contributed by atoms with Gasteiger partial charge in [-0.25, -0.2) is 14.8 Å². The van der Waals surface area contributed by atoms with Gasteiger partial charge in [-0.3, -0.25) is 0 Å². The van der Waals surface area contributed by atoms with Gasteiger partial charge < -0.3 is 24.0 Å². The smallest absolute Gasteiger partial charge is 0.409 e. The molecule has 140 valence electrons. The van der Waals surface area contributed by atoms with E-state index in [0.29, 0.717) is 52.6 Å². The first kappa shape index (κ1) is 19.4. The van der Waals surface area contributed by atoms with Gasteiger partial charge in [-0.05, 0) is 6.42 Å². The number of hydrogen-bond donors (Lipinski definition) is 0. The Labute approximate surface area is 149 Å². The van der Waals surface area contributed by atoms with Crippen molar-refractivity contribution >= 4 is 11.9 Å². The fraction of sp³-hybridized carbons (Fsp3) is 0.706. The monoisotopic (exact) mass is 352 g/mol. The maximum absolute atomic E-state index is 12.0. The fourth-order valence-electron chi connectivity index (χ4n) is 2.56. The van der Waals surface area contributed by atoms with E-state index in [1.54, 1.807) is 24.5 Å². The van der Waals surface area contributed by atoms with Crippen molar-refractivity contribution in [3.05, 3.63) is 18.1 Å². The Balaban J connectivity index is 1.84. The lowest BCUT2D eigenvalue weighted by Crippen LogP contribution is -2.49. The first-order chi connectivity index (χ1) is 12.3. The molecule has 1 aromatic heterocycles. The largest absolute Gasteiger partial charge is 0.449 e. The summed E-state index contributed by atoms with van der Waals surface area (Å²) >= 11 is 0. The van der Waals surface area contributed by atoms with Crippen LogP contribution in [0, 0.1) is 0 Å². The predicted octanol–water partition coefficient (Wildman–Crippen LogP) is 1.70. The van der Waals surface area contributed by atoms with Crippen molar-refractivity contribution < 1.29 is 19.0 Å². The molecule has 0 N–H and O–H groups in total. The summed E-state index contributed by atoms with van der Waals surface area (Å²) in [7, 11) is 1.65. The van der Waals surface area contributed by atoms with Gasteiger partial charge in [-0.2, -0.15) is 0 Å². The molecule has 8 heteroatoms. The molecule has 0 unspecified atom stereocenters. The second-order valence-corrected chi connectivity index (χ2v) is 5.86. The Morgan fingerprint density at radius 1 is 1.20 bits per heavy atom. The number of carbonyl (C=O) groups is 1. The molecule has 0 atom stereocenters. The summed E-state index contributed by atoms with van der Waals surface area (Å²) in [6.45, 7) is 6.77. The van der Waals surface area contributed by atoms with Crippen LogP contribution in [-0.2, 0) is 20.8 Å². The van der Waals surface area contributed by atoms with Gasteiger partial charge >= 0.3 is 6.09 Å². The van der Waals surface area contributed by atoms with Gasteiger partial charge in [0.2, 0.25) is 0 Å². The summed E-state index contributed by atoms with van der Waals surface area (Å²) in [5.41, 5.74) is 0.942. The Kier molecular flexibility index (Phi) is 8.41.